The standard InChI is InChI=1S/C26H36N6O2S/c1-6-9-27-24(33)15-31-10-7-19(8-11-31)29-26(34)21-13-23(20-12-17(4)35-18(20)5)30-25-22(21)14-28-32(25)16(2)3/h12-14,16,19H,6-11,15H2,1-5H3,(H,27,33)(H,29,34). The average Bonchev–Trinajstić information content (AvgIpc) is 3.40. The van der Waals surface area contributed by atoms with Gasteiger partial charge in [0.15, 0.2) is 5.65 Å². The molecule has 1 aliphatic rings. The molecule has 2 N–H and O–H groups in total. The van der Waals surface area contributed by atoms with E-state index >= 15 is 0 Å². The van der Waals surface area contributed by atoms with Gasteiger partial charge in [-0.25, -0.2) is 9.67 Å². The van der Waals surface area contributed by atoms with Gasteiger partial charge < -0.3 is 10.6 Å². The molecule has 0 aromatic carbocycles. The van der Waals surface area contributed by atoms with Crippen molar-refractivity contribution in [1.29, 1.82) is 0 Å². The summed E-state index contributed by atoms with van der Waals surface area (Å²) >= 11 is 1.74. The molecule has 0 unspecified atom stereocenters. The summed E-state index contributed by atoms with van der Waals surface area (Å²) < 4.78 is 1.88. The van der Waals surface area contributed by atoms with Gasteiger partial charge in [-0.3, -0.25) is 14.5 Å². The van der Waals surface area contributed by atoms with Gasteiger partial charge >= 0.3 is 0 Å². The highest BCUT2D eigenvalue weighted by Gasteiger charge is 2.25. The number of amides is 2. The van der Waals surface area contributed by atoms with Crippen LogP contribution in [0, 0.1) is 13.8 Å². The second-order valence-electron chi connectivity index (χ2n) is 9.68. The second-order valence-corrected chi connectivity index (χ2v) is 11.1. The number of nitrogens with zero attached hydrogens (tertiary/aromatic N) is 4. The summed E-state index contributed by atoms with van der Waals surface area (Å²) in [5, 5.41) is 11.5. The molecule has 0 aliphatic carbocycles. The summed E-state index contributed by atoms with van der Waals surface area (Å²) in [7, 11) is 0. The number of carbonyl (C=O) groups excluding carboxylic acids is 2. The summed E-state index contributed by atoms with van der Waals surface area (Å²) in [6.07, 6.45) is 4.33. The van der Waals surface area contributed by atoms with Crippen molar-refractivity contribution < 1.29 is 9.59 Å². The van der Waals surface area contributed by atoms with Crippen LogP contribution in [0.5, 0.6) is 0 Å². The fourth-order valence-electron chi connectivity index (χ4n) is 4.63. The van der Waals surface area contributed by atoms with Crippen molar-refractivity contribution in [1.82, 2.24) is 30.3 Å². The maximum atomic E-state index is 13.5. The predicted octanol–water partition coefficient (Wildman–Crippen LogP) is 4.08. The molecule has 8 nitrogen and oxygen atoms in total. The Balaban J connectivity index is 1.53. The van der Waals surface area contributed by atoms with Gasteiger partial charge in [-0.1, -0.05) is 6.92 Å². The summed E-state index contributed by atoms with van der Waals surface area (Å²) in [4.78, 5) is 35.0. The molecule has 0 bridgehead atoms. The van der Waals surface area contributed by atoms with Crippen molar-refractivity contribution in [3.05, 3.63) is 33.6 Å². The number of pyridine rings is 1. The first-order chi connectivity index (χ1) is 16.8. The summed E-state index contributed by atoms with van der Waals surface area (Å²) in [5.41, 5.74) is 3.22. The number of aromatic nitrogens is 3. The van der Waals surface area contributed by atoms with Crippen LogP contribution in [0.3, 0.4) is 0 Å². The van der Waals surface area contributed by atoms with E-state index in [9.17, 15) is 9.59 Å². The smallest absolute Gasteiger partial charge is 0.252 e. The summed E-state index contributed by atoms with van der Waals surface area (Å²) in [6.45, 7) is 13.1. The molecule has 0 spiro atoms. The van der Waals surface area contributed by atoms with Crippen molar-refractivity contribution >= 4 is 34.2 Å². The minimum absolute atomic E-state index is 0.0715. The Kier molecular flexibility index (Phi) is 7.86. The largest absolute Gasteiger partial charge is 0.355 e. The van der Waals surface area contributed by atoms with Crippen molar-refractivity contribution in [2.45, 2.75) is 66.0 Å². The van der Waals surface area contributed by atoms with Crippen molar-refractivity contribution in [2.24, 2.45) is 0 Å². The minimum Gasteiger partial charge on any atom is -0.355 e. The molecule has 188 valence electrons. The molecule has 0 radical (unpaired) electrons. The zero-order valence-electron chi connectivity index (χ0n) is 21.4. The summed E-state index contributed by atoms with van der Waals surface area (Å²) in [6, 6.07) is 4.26. The molecule has 9 heteroatoms. The molecule has 2 amide bonds. The van der Waals surface area contributed by atoms with Gasteiger partial charge in [-0.15, -0.1) is 11.3 Å². The molecule has 1 saturated heterocycles. The van der Waals surface area contributed by atoms with E-state index in [1.165, 1.54) is 9.75 Å². The third-order valence-electron chi connectivity index (χ3n) is 6.48. The number of aryl methyl sites for hydroxylation is 2. The van der Waals surface area contributed by atoms with Crippen LogP contribution in [0.15, 0.2) is 18.3 Å². The van der Waals surface area contributed by atoms with E-state index in [0.29, 0.717) is 18.7 Å². The molecule has 4 rings (SSSR count). The Hall–Kier alpha value is -2.78. The fraction of sp³-hybridized carbons (Fsp3) is 0.538. The lowest BCUT2D eigenvalue weighted by Crippen LogP contribution is -2.47. The van der Waals surface area contributed by atoms with Crippen LogP contribution in [0.4, 0.5) is 0 Å². The maximum Gasteiger partial charge on any atom is 0.252 e. The quantitative estimate of drug-likeness (QED) is 0.490. The SMILES string of the molecule is CCCNC(=O)CN1CCC(NC(=O)c2cc(-c3cc(C)sc3C)nc3c2cnn3C(C)C)CC1. The number of hydrogen-bond acceptors (Lipinski definition) is 6. The van der Waals surface area contributed by atoms with Crippen LogP contribution in [-0.2, 0) is 4.79 Å². The predicted molar refractivity (Wildman–Crippen MR) is 141 cm³/mol. The Morgan fingerprint density at radius 2 is 1.94 bits per heavy atom. The first-order valence-electron chi connectivity index (χ1n) is 12.5. The van der Waals surface area contributed by atoms with Gasteiger partial charge in [0, 0.05) is 47.0 Å². The van der Waals surface area contributed by atoms with E-state index < -0.39 is 0 Å². The Bertz CT molecular complexity index is 1210. The zero-order valence-corrected chi connectivity index (χ0v) is 22.2. The van der Waals surface area contributed by atoms with Crippen molar-refractivity contribution in [2.75, 3.05) is 26.2 Å². The molecular formula is C26H36N6O2S. The Morgan fingerprint density at radius 1 is 1.20 bits per heavy atom. The Labute approximate surface area is 211 Å². The number of thiophene rings is 1. The third-order valence-corrected chi connectivity index (χ3v) is 7.45. The number of likely N-dealkylation sites (tertiary alicyclic amines) is 1. The summed E-state index contributed by atoms with van der Waals surface area (Å²) in [5.74, 6) is -0.0205. The molecule has 0 atom stereocenters. The average molecular weight is 497 g/mol. The Morgan fingerprint density at radius 3 is 2.57 bits per heavy atom. The van der Waals surface area contributed by atoms with E-state index in [2.05, 4.69) is 54.4 Å². The number of nitrogens with one attached hydrogen (secondary N) is 2. The fourth-order valence-corrected chi connectivity index (χ4v) is 5.56. The molecule has 3 aromatic heterocycles. The molecular weight excluding hydrogens is 460 g/mol. The lowest BCUT2D eigenvalue weighted by Gasteiger charge is -2.31. The number of hydrogen-bond donors (Lipinski definition) is 2. The first kappa shape index (κ1) is 25.3. The number of fused-ring (bicyclic) bond motifs is 1. The van der Waals surface area contributed by atoms with E-state index in [-0.39, 0.29) is 23.9 Å². The van der Waals surface area contributed by atoms with Crippen LogP contribution < -0.4 is 10.6 Å². The lowest BCUT2D eigenvalue weighted by molar-refractivity contribution is -0.122. The number of carbonyl (C=O) groups is 2. The molecule has 1 aliphatic heterocycles. The number of piperidine rings is 1. The lowest BCUT2D eigenvalue weighted by atomic mass is 10.0. The highest BCUT2D eigenvalue weighted by molar-refractivity contribution is 7.12. The van der Waals surface area contributed by atoms with Crippen molar-refractivity contribution in [3.63, 3.8) is 0 Å². The van der Waals surface area contributed by atoms with Crippen molar-refractivity contribution in [3.8, 4) is 11.3 Å². The van der Waals surface area contributed by atoms with Crippen LogP contribution in [-0.4, -0.2) is 63.7 Å². The highest BCUT2D eigenvalue weighted by Crippen LogP contribution is 2.32. The topological polar surface area (TPSA) is 92.2 Å². The van der Waals surface area contributed by atoms with Gasteiger partial charge in [0.2, 0.25) is 5.91 Å². The monoisotopic (exact) mass is 496 g/mol. The van der Waals surface area contributed by atoms with Crippen LogP contribution in [0.1, 0.15) is 66.2 Å². The molecule has 4 heterocycles. The number of rotatable bonds is 8. The normalized spacial score (nSPS) is 15.1. The molecule has 35 heavy (non-hydrogen) atoms. The zero-order chi connectivity index (χ0) is 25.1. The molecule has 3 aromatic rings. The van der Waals surface area contributed by atoms with Gasteiger partial charge in [0.25, 0.3) is 5.91 Å². The van der Waals surface area contributed by atoms with Gasteiger partial charge in [-0.2, -0.15) is 5.10 Å². The highest BCUT2D eigenvalue weighted by atomic mass is 32.1. The third kappa shape index (κ3) is 5.73. The van der Waals surface area contributed by atoms with Crippen LogP contribution in [0.2, 0.25) is 0 Å². The van der Waals surface area contributed by atoms with E-state index in [1.807, 2.05) is 17.7 Å². The van der Waals surface area contributed by atoms with Gasteiger partial charge in [0.1, 0.15) is 0 Å². The van der Waals surface area contributed by atoms with Gasteiger partial charge in [0.05, 0.1) is 29.4 Å². The maximum absolute atomic E-state index is 13.5. The van der Waals surface area contributed by atoms with Gasteiger partial charge in [-0.05, 0) is 59.1 Å². The molecule has 1 fully saturated rings. The molecule has 0 saturated carbocycles. The van der Waals surface area contributed by atoms with Crippen LogP contribution >= 0.6 is 11.3 Å². The van der Waals surface area contributed by atoms with E-state index in [1.54, 1.807) is 17.5 Å². The first-order valence-corrected chi connectivity index (χ1v) is 13.3. The second kappa shape index (κ2) is 10.9. The van der Waals surface area contributed by atoms with Crippen LogP contribution in [0.25, 0.3) is 22.3 Å². The van der Waals surface area contributed by atoms with E-state index in [4.69, 9.17) is 4.98 Å². The minimum atomic E-state index is -0.0919. The van der Waals surface area contributed by atoms with E-state index in [0.717, 1.165) is 54.6 Å².